The van der Waals surface area contributed by atoms with E-state index in [1.165, 1.54) is 262 Å². The van der Waals surface area contributed by atoms with Gasteiger partial charge in [-0.2, -0.15) is 0 Å². The summed E-state index contributed by atoms with van der Waals surface area (Å²) in [4.78, 5) is 0. The average Bonchev–Trinajstić information content (AvgIpc) is 1.88. The van der Waals surface area contributed by atoms with Gasteiger partial charge < -0.3 is 0 Å². The Morgan fingerprint density at radius 2 is 0.318 bits per heavy atom. The molecule has 0 aliphatic carbocycles. The van der Waals surface area contributed by atoms with Crippen molar-refractivity contribution in [2.45, 2.75) is 221 Å². The number of aryl methyl sites for hydroxylation is 6. The minimum Gasteiger partial charge on any atom is -0.0654 e. The van der Waals surface area contributed by atoms with Crippen molar-refractivity contribution in [1.29, 1.82) is 0 Å². The third-order valence-corrected chi connectivity index (χ3v) is 19.7. The van der Waals surface area contributed by atoms with E-state index >= 15 is 0 Å². The summed E-state index contributed by atoms with van der Waals surface area (Å²) in [5, 5.41) is 23.1. The molecular weight excluding hydrogens is 1060 g/mol. The van der Waals surface area contributed by atoms with Crippen LogP contribution in [-0.4, -0.2) is 0 Å². The van der Waals surface area contributed by atoms with Gasteiger partial charge >= 0.3 is 0 Å². The second-order valence-electron chi connectivity index (χ2n) is 26.4. The summed E-state index contributed by atoms with van der Waals surface area (Å²) in [7, 11) is 0. The fourth-order valence-corrected chi connectivity index (χ4v) is 14.0. The largest absolute Gasteiger partial charge is 0.0654 e. The van der Waals surface area contributed by atoms with Crippen LogP contribution in [0.4, 0.5) is 0 Å². The average molecular weight is 1160 g/mol. The van der Waals surface area contributed by atoms with Gasteiger partial charge in [-0.1, -0.05) is 338 Å². The van der Waals surface area contributed by atoms with Gasteiger partial charge in [-0.05, 0) is 196 Å². The van der Waals surface area contributed by atoms with Crippen molar-refractivity contribution in [1.82, 2.24) is 0 Å². The Morgan fingerprint density at radius 1 is 0.170 bits per heavy atom. The van der Waals surface area contributed by atoms with Crippen LogP contribution in [0.3, 0.4) is 0 Å². The van der Waals surface area contributed by atoms with Crippen LogP contribution in [0, 0.1) is 13.8 Å². The predicted molar refractivity (Wildman–Crippen MR) is 395 cm³/mol. The topological polar surface area (TPSA) is 0 Å². The molecule has 0 spiro atoms. The maximum absolute atomic E-state index is 2.62. The van der Waals surface area contributed by atoms with Crippen molar-refractivity contribution >= 4 is 97.0 Å². The molecule has 19 aromatic rings. The maximum atomic E-state index is 2.62. The minimum atomic E-state index is 1.15. The minimum absolute atomic E-state index is 1.15. The molecule has 12 bridgehead atoms. The van der Waals surface area contributed by atoms with E-state index < -0.39 is 0 Å². The van der Waals surface area contributed by atoms with E-state index in [9.17, 15) is 0 Å². The molecule has 19 rings (SSSR count). The highest BCUT2D eigenvalue weighted by molar-refractivity contribution is 6.10. The highest BCUT2D eigenvalue weighted by Crippen LogP contribution is 2.34. The second-order valence-corrected chi connectivity index (χ2v) is 26.4. The van der Waals surface area contributed by atoms with E-state index in [1.54, 1.807) is 22.3 Å². The van der Waals surface area contributed by atoms with Gasteiger partial charge in [0.1, 0.15) is 0 Å². The van der Waals surface area contributed by atoms with Crippen molar-refractivity contribution in [2.75, 3.05) is 0 Å². The summed E-state index contributed by atoms with van der Waals surface area (Å²) < 4.78 is 0. The fourth-order valence-electron chi connectivity index (χ4n) is 14.0. The van der Waals surface area contributed by atoms with E-state index in [2.05, 4.69) is 224 Å². The van der Waals surface area contributed by atoms with Gasteiger partial charge in [0, 0.05) is 0 Å². The van der Waals surface area contributed by atoms with Crippen LogP contribution in [0.1, 0.15) is 215 Å². The number of hydrogen-bond acceptors (Lipinski definition) is 0. The van der Waals surface area contributed by atoms with Crippen molar-refractivity contribution in [3.8, 4) is 0 Å². The number of hydrogen-bond donors (Lipinski definition) is 0. The first-order valence-electron chi connectivity index (χ1n) is 35.4. The molecule has 0 fully saturated rings. The standard InChI is InChI=1S/C88H104/c1-7-11-15-19-23-27-31-79-61-85-75-51-39-69(40-52-75)67-35-47-73(48-36-67)83-59-65(5)66(6)60-84(83)74-49-37-68(38-50-74)70-41-53-76(54-42-70)86-62-80(32-28-24-20-16-12-8-2)82(34-30-26-22-18-14-10-4)64-88(86)78-57-45-72(46-58-78)71-43-55-77(56-44-71)87(85)63-81(79)33-29-25-21-17-13-9-3/h35-64H,7-34H2,1-6H3. The van der Waals surface area contributed by atoms with Crippen molar-refractivity contribution < 1.29 is 0 Å². The Kier molecular flexibility index (Phi) is 24.0. The van der Waals surface area contributed by atoms with Crippen LogP contribution in [-0.2, 0) is 25.7 Å². The molecule has 0 aliphatic rings. The number of rotatable bonds is 28. The van der Waals surface area contributed by atoms with Gasteiger partial charge in [0.15, 0.2) is 0 Å². The lowest BCUT2D eigenvalue weighted by Crippen LogP contribution is -1.97. The van der Waals surface area contributed by atoms with Gasteiger partial charge in [0.2, 0.25) is 0 Å². The second kappa shape index (κ2) is 33.0. The molecule has 0 nitrogen and oxygen atoms in total. The van der Waals surface area contributed by atoms with E-state index in [0.29, 0.717) is 0 Å². The molecule has 0 N–H and O–H groups in total. The Hall–Kier alpha value is -7.02. The molecule has 0 aliphatic heterocycles. The third-order valence-electron chi connectivity index (χ3n) is 19.7. The maximum Gasteiger partial charge on any atom is -0.0102 e. The third kappa shape index (κ3) is 16.8. The van der Waals surface area contributed by atoms with Crippen LogP contribution in [0.15, 0.2) is 182 Å². The Bertz CT molecular complexity index is 3800. The zero-order chi connectivity index (χ0) is 60.9. The first kappa shape index (κ1) is 64.0. The lowest BCUT2D eigenvalue weighted by molar-refractivity contribution is 0.599. The van der Waals surface area contributed by atoms with Crippen LogP contribution in [0.5, 0.6) is 0 Å². The number of unbranched alkanes of at least 4 members (excludes halogenated alkanes) is 20. The molecule has 88 heavy (non-hydrogen) atoms. The van der Waals surface area contributed by atoms with Crippen LogP contribution < -0.4 is 0 Å². The number of benzene rings is 9. The zero-order valence-corrected chi connectivity index (χ0v) is 55.1. The summed E-state index contributed by atoms with van der Waals surface area (Å²) in [6, 6.07) is 72.1. The molecule has 0 saturated heterocycles. The van der Waals surface area contributed by atoms with Crippen LogP contribution in [0.25, 0.3) is 97.0 Å². The predicted octanol–water partition coefficient (Wildman–Crippen LogP) is 27.7. The van der Waals surface area contributed by atoms with Crippen LogP contribution in [0.2, 0.25) is 0 Å². The molecule has 0 heteroatoms. The first-order valence-corrected chi connectivity index (χ1v) is 35.4. The van der Waals surface area contributed by atoms with E-state index in [4.69, 9.17) is 0 Å². The van der Waals surface area contributed by atoms with Gasteiger partial charge in [-0.25, -0.2) is 0 Å². The van der Waals surface area contributed by atoms with Crippen molar-refractivity contribution in [3.05, 3.63) is 215 Å². The molecule has 0 saturated carbocycles. The molecule has 0 radical (unpaired) electrons. The monoisotopic (exact) mass is 1160 g/mol. The molecular formula is C88H104. The van der Waals surface area contributed by atoms with E-state index in [0.717, 1.165) is 25.7 Å². The van der Waals surface area contributed by atoms with E-state index in [1.807, 2.05) is 0 Å². The van der Waals surface area contributed by atoms with E-state index in [-0.39, 0.29) is 0 Å². The smallest absolute Gasteiger partial charge is 0.0102 e. The highest BCUT2D eigenvalue weighted by atomic mass is 14.2. The summed E-state index contributed by atoms with van der Waals surface area (Å²) in [5.41, 5.74) is 8.85. The van der Waals surface area contributed by atoms with Gasteiger partial charge in [-0.3, -0.25) is 0 Å². The zero-order valence-electron chi connectivity index (χ0n) is 55.1. The van der Waals surface area contributed by atoms with Gasteiger partial charge in [0.05, 0.1) is 0 Å². The Balaban J connectivity index is 1.18. The fraction of sp³-hybridized carbons (Fsp3) is 0.386. The molecule has 0 amide bonds. The summed E-state index contributed by atoms with van der Waals surface area (Å²) in [5.74, 6) is 0. The Labute approximate surface area is 530 Å². The van der Waals surface area contributed by atoms with Crippen molar-refractivity contribution in [2.24, 2.45) is 0 Å². The van der Waals surface area contributed by atoms with Gasteiger partial charge in [0.25, 0.3) is 0 Å². The molecule has 0 atom stereocenters. The van der Waals surface area contributed by atoms with Crippen LogP contribution >= 0.6 is 0 Å². The van der Waals surface area contributed by atoms with Crippen molar-refractivity contribution in [3.63, 3.8) is 0 Å². The van der Waals surface area contributed by atoms with Gasteiger partial charge in [-0.15, -0.1) is 0 Å². The molecule has 0 unspecified atom stereocenters. The summed E-state index contributed by atoms with van der Waals surface area (Å²) >= 11 is 0. The summed E-state index contributed by atoms with van der Waals surface area (Å²) in [6.07, 6.45) is 36.1. The normalized spacial score (nSPS) is 11.7. The lowest BCUT2D eigenvalue weighted by atomic mass is 9.91. The molecule has 0 heterocycles. The molecule has 456 valence electrons. The molecule has 0 aromatic heterocycles. The molecule has 19 aromatic carbocycles. The highest BCUT2D eigenvalue weighted by Gasteiger charge is 2.12. The first-order chi connectivity index (χ1) is 43.3. The SMILES string of the molecule is CCCCCCCCc1cc2c3ccc(cc3)c3ccc(cc3)c3cc(C)c(C)cc3c3ccc(cc3)c3ccc(cc3)c3cc(CCCCCCCC)c(CCCCCCCC)cc3c3ccc(cc3)c3ccc(cc3)c2cc1CCCCCCCC. The Morgan fingerprint density at radius 3 is 0.500 bits per heavy atom. The summed E-state index contributed by atoms with van der Waals surface area (Å²) in [6.45, 7) is 13.8. The quantitative estimate of drug-likeness (QED) is 0.0429. The lowest BCUT2D eigenvalue weighted by Gasteiger charge is -2.14.